The van der Waals surface area contributed by atoms with Crippen molar-refractivity contribution < 1.29 is 25.9 Å². The van der Waals surface area contributed by atoms with Crippen molar-refractivity contribution in [1.29, 1.82) is 0 Å². The molecule has 2 aliphatic rings. The highest BCUT2D eigenvalue weighted by Crippen LogP contribution is 2.41. The Labute approximate surface area is 135 Å². The van der Waals surface area contributed by atoms with Gasteiger partial charge in [0.05, 0.1) is 0 Å². The number of hydrogen-bond donors (Lipinski definition) is 0. The number of benzene rings is 1. The topological polar surface area (TPSA) is 55.7 Å². The van der Waals surface area contributed by atoms with E-state index in [4.69, 9.17) is 0 Å². The standard InChI is InChI=1S/C14H12F3NO3S2/c1-8-3-2-4-9-5-6-11-13(12(8)9)10(7-22-11)18-21-23(19,20)14(15,16)17/h2,4-6,8H,3,7H2,1H3/b18-10+. The molecule has 124 valence electrons. The second kappa shape index (κ2) is 5.55. The Bertz CT molecular complexity index is 813. The summed E-state index contributed by atoms with van der Waals surface area (Å²) < 4.78 is 62.9. The second-order valence-corrected chi connectivity index (χ2v) is 7.82. The average Bonchev–Trinajstić information content (AvgIpc) is 2.87. The lowest BCUT2D eigenvalue weighted by atomic mass is 9.84. The Morgan fingerprint density at radius 1 is 1.35 bits per heavy atom. The van der Waals surface area contributed by atoms with Gasteiger partial charge in [-0.25, -0.2) is 0 Å². The van der Waals surface area contributed by atoms with E-state index in [9.17, 15) is 21.6 Å². The largest absolute Gasteiger partial charge is 0.536 e. The van der Waals surface area contributed by atoms with E-state index in [-0.39, 0.29) is 17.4 Å². The molecule has 0 spiro atoms. The number of halogens is 3. The zero-order chi connectivity index (χ0) is 16.8. The monoisotopic (exact) mass is 363 g/mol. The van der Waals surface area contributed by atoms with Crippen LogP contribution in [0, 0.1) is 0 Å². The molecule has 0 fully saturated rings. The maximum atomic E-state index is 12.3. The molecule has 0 aromatic heterocycles. The fourth-order valence-electron chi connectivity index (χ4n) is 2.65. The summed E-state index contributed by atoms with van der Waals surface area (Å²) in [4.78, 5) is 0.873. The second-order valence-electron chi connectivity index (χ2n) is 5.28. The Balaban J connectivity index is 2.02. The Kier molecular flexibility index (Phi) is 3.96. The molecule has 1 aromatic rings. The molecular weight excluding hydrogens is 351 g/mol. The Morgan fingerprint density at radius 2 is 2.09 bits per heavy atom. The predicted octanol–water partition coefficient (Wildman–Crippen LogP) is 3.88. The van der Waals surface area contributed by atoms with Gasteiger partial charge in [0.1, 0.15) is 5.71 Å². The van der Waals surface area contributed by atoms with Crippen LogP contribution in [0.5, 0.6) is 0 Å². The molecule has 1 aromatic carbocycles. The molecule has 4 nitrogen and oxygen atoms in total. The van der Waals surface area contributed by atoms with Crippen molar-refractivity contribution in [2.75, 3.05) is 5.75 Å². The molecule has 9 heteroatoms. The van der Waals surface area contributed by atoms with Gasteiger partial charge in [-0.3, -0.25) is 4.28 Å². The first-order valence-electron chi connectivity index (χ1n) is 6.74. The number of rotatable bonds is 2. The fraction of sp³-hybridized carbons (Fsp3) is 0.357. The molecule has 0 N–H and O–H groups in total. The molecule has 0 amide bonds. The van der Waals surface area contributed by atoms with Crippen LogP contribution in [0.1, 0.15) is 36.0 Å². The minimum absolute atomic E-state index is 0.174. The Morgan fingerprint density at radius 3 is 2.78 bits per heavy atom. The lowest BCUT2D eigenvalue weighted by Gasteiger charge is -2.21. The fourth-order valence-corrected chi connectivity index (χ4v) is 3.95. The van der Waals surface area contributed by atoms with Crippen LogP contribution >= 0.6 is 11.8 Å². The molecule has 23 heavy (non-hydrogen) atoms. The van der Waals surface area contributed by atoms with Gasteiger partial charge in [0.15, 0.2) is 0 Å². The first-order valence-corrected chi connectivity index (χ1v) is 9.13. The van der Waals surface area contributed by atoms with E-state index in [2.05, 4.69) is 9.44 Å². The van der Waals surface area contributed by atoms with Crippen LogP contribution < -0.4 is 0 Å². The smallest absolute Gasteiger partial charge is 0.262 e. The Hall–Kier alpha value is -1.48. The molecule has 0 radical (unpaired) electrons. The van der Waals surface area contributed by atoms with Gasteiger partial charge in [-0.15, -0.1) is 11.8 Å². The summed E-state index contributed by atoms with van der Waals surface area (Å²) in [5.41, 5.74) is -2.63. The number of nitrogens with zero attached hydrogens (tertiary/aromatic N) is 1. The van der Waals surface area contributed by atoms with Crippen LogP contribution in [-0.4, -0.2) is 25.4 Å². The minimum Gasteiger partial charge on any atom is -0.262 e. The average molecular weight is 363 g/mol. The maximum absolute atomic E-state index is 12.3. The molecular formula is C14H12F3NO3S2. The molecule has 3 rings (SSSR count). The highest BCUT2D eigenvalue weighted by atomic mass is 32.2. The normalized spacial score (nSPS) is 22.1. The first kappa shape index (κ1) is 16.4. The van der Waals surface area contributed by atoms with Gasteiger partial charge in [0, 0.05) is 16.2 Å². The van der Waals surface area contributed by atoms with E-state index in [1.54, 1.807) is 0 Å². The summed E-state index contributed by atoms with van der Waals surface area (Å²) in [5, 5.41) is 3.31. The minimum atomic E-state index is -5.73. The van der Waals surface area contributed by atoms with Crippen LogP contribution in [0.4, 0.5) is 13.2 Å². The number of thioether (sulfide) groups is 1. The van der Waals surface area contributed by atoms with Gasteiger partial charge in [-0.1, -0.05) is 30.3 Å². The molecule has 0 saturated heterocycles. The van der Waals surface area contributed by atoms with Crippen LogP contribution in [0.15, 0.2) is 28.3 Å². The predicted molar refractivity (Wildman–Crippen MR) is 81.8 cm³/mol. The molecule has 0 saturated carbocycles. The third-order valence-electron chi connectivity index (χ3n) is 3.70. The third-order valence-corrected chi connectivity index (χ3v) is 5.61. The summed E-state index contributed by atoms with van der Waals surface area (Å²) in [6.07, 6.45) is 4.79. The third kappa shape index (κ3) is 2.87. The lowest BCUT2D eigenvalue weighted by molar-refractivity contribution is -0.0540. The molecule has 1 aliphatic heterocycles. The van der Waals surface area contributed by atoms with Crippen molar-refractivity contribution in [3.63, 3.8) is 0 Å². The molecule has 1 heterocycles. The zero-order valence-corrected chi connectivity index (χ0v) is 13.6. The van der Waals surface area contributed by atoms with E-state index in [1.165, 1.54) is 11.8 Å². The number of fused-ring (bicyclic) bond motifs is 3. The highest BCUT2D eigenvalue weighted by Gasteiger charge is 2.49. The van der Waals surface area contributed by atoms with Gasteiger partial charge < -0.3 is 0 Å². The van der Waals surface area contributed by atoms with Crippen LogP contribution in [0.25, 0.3) is 6.08 Å². The van der Waals surface area contributed by atoms with Gasteiger partial charge in [-0.05, 0) is 29.5 Å². The number of alkyl halides is 3. The van der Waals surface area contributed by atoms with E-state index in [0.717, 1.165) is 22.4 Å². The summed E-state index contributed by atoms with van der Waals surface area (Å²) in [6.45, 7) is 2.01. The SMILES string of the molecule is CC1CC=Cc2ccc3c(c21)/C(=N/OS(=O)(=O)C(F)(F)F)CS3. The summed E-state index contributed by atoms with van der Waals surface area (Å²) in [5.74, 6) is 0.448. The van der Waals surface area contributed by atoms with E-state index >= 15 is 0 Å². The summed E-state index contributed by atoms with van der Waals surface area (Å²) in [6, 6.07) is 3.81. The van der Waals surface area contributed by atoms with E-state index in [1.807, 2.05) is 31.2 Å². The number of allylic oxidation sites excluding steroid dienone is 1. The lowest BCUT2D eigenvalue weighted by Crippen LogP contribution is -2.24. The highest BCUT2D eigenvalue weighted by molar-refractivity contribution is 8.00. The van der Waals surface area contributed by atoms with Crippen LogP contribution in [0.2, 0.25) is 0 Å². The van der Waals surface area contributed by atoms with Crippen molar-refractivity contribution in [1.82, 2.24) is 0 Å². The van der Waals surface area contributed by atoms with E-state index in [0.29, 0.717) is 5.56 Å². The van der Waals surface area contributed by atoms with Gasteiger partial charge in [0.2, 0.25) is 0 Å². The maximum Gasteiger partial charge on any atom is 0.536 e. The number of hydrogen-bond acceptors (Lipinski definition) is 5. The van der Waals surface area contributed by atoms with Gasteiger partial charge in [0.25, 0.3) is 0 Å². The van der Waals surface area contributed by atoms with Gasteiger partial charge in [-0.2, -0.15) is 21.6 Å². The number of oxime groups is 1. The summed E-state index contributed by atoms with van der Waals surface area (Å²) in [7, 11) is -5.73. The summed E-state index contributed by atoms with van der Waals surface area (Å²) >= 11 is 1.40. The van der Waals surface area contributed by atoms with Crippen molar-refractivity contribution in [3.8, 4) is 0 Å². The molecule has 1 atom stereocenters. The molecule has 1 unspecified atom stereocenters. The van der Waals surface area contributed by atoms with Crippen LogP contribution in [-0.2, 0) is 14.4 Å². The van der Waals surface area contributed by atoms with Crippen molar-refractivity contribution in [2.45, 2.75) is 29.7 Å². The molecule has 1 aliphatic carbocycles. The van der Waals surface area contributed by atoms with Gasteiger partial charge >= 0.3 is 15.6 Å². The molecule has 0 bridgehead atoms. The van der Waals surface area contributed by atoms with Crippen LogP contribution in [0.3, 0.4) is 0 Å². The van der Waals surface area contributed by atoms with Crippen molar-refractivity contribution >= 4 is 33.7 Å². The van der Waals surface area contributed by atoms with Crippen molar-refractivity contribution in [2.24, 2.45) is 5.16 Å². The van der Waals surface area contributed by atoms with E-state index < -0.39 is 15.6 Å². The first-order chi connectivity index (χ1) is 10.7. The quantitative estimate of drug-likeness (QED) is 0.591. The zero-order valence-electron chi connectivity index (χ0n) is 11.9. The van der Waals surface area contributed by atoms with Crippen molar-refractivity contribution in [3.05, 3.63) is 34.9 Å².